The molecule has 0 aliphatic rings. The normalized spacial score (nSPS) is 10.8. The minimum atomic E-state index is -0.605. The summed E-state index contributed by atoms with van der Waals surface area (Å²) >= 11 is 0. The Labute approximate surface area is 168 Å². The molecule has 2 aromatic carbocycles. The lowest BCUT2D eigenvalue weighted by Gasteiger charge is -2.19. The van der Waals surface area contributed by atoms with E-state index >= 15 is 0 Å². The number of nitrogens with one attached hydrogen (secondary N) is 3. The molecular formula is C21H24FN3O4. The van der Waals surface area contributed by atoms with Crippen molar-refractivity contribution < 1.29 is 23.5 Å². The number of carbonyl (C=O) groups excluding carboxylic acids is 3. The Morgan fingerprint density at radius 2 is 1.48 bits per heavy atom. The zero-order valence-corrected chi connectivity index (χ0v) is 16.5. The lowest BCUT2D eigenvalue weighted by Crippen LogP contribution is -2.47. The van der Waals surface area contributed by atoms with Gasteiger partial charge in [0.15, 0.2) is 6.61 Å². The van der Waals surface area contributed by atoms with Gasteiger partial charge in [-0.3, -0.25) is 25.2 Å². The first kappa shape index (κ1) is 21.9. The van der Waals surface area contributed by atoms with E-state index in [0.717, 1.165) is 5.56 Å². The van der Waals surface area contributed by atoms with Crippen LogP contribution in [0.5, 0.6) is 5.75 Å². The molecule has 0 aliphatic carbocycles. The number of hydrogen-bond acceptors (Lipinski definition) is 4. The molecule has 3 N–H and O–H groups in total. The fourth-order valence-electron chi connectivity index (χ4n) is 2.28. The summed E-state index contributed by atoms with van der Waals surface area (Å²) in [6.45, 7) is 5.56. The predicted molar refractivity (Wildman–Crippen MR) is 106 cm³/mol. The molecule has 0 saturated carbocycles. The van der Waals surface area contributed by atoms with Crippen LogP contribution < -0.4 is 20.9 Å². The third kappa shape index (κ3) is 7.25. The van der Waals surface area contributed by atoms with Gasteiger partial charge >= 0.3 is 0 Å². The summed E-state index contributed by atoms with van der Waals surface area (Å²) in [4.78, 5) is 35.5. The average Bonchev–Trinajstić information content (AvgIpc) is 2.69. The van der Waals surface area contributed by atoms with Crippen molar-refractivity contribution in [2.75, 3.05) is 13.2 Å². The maximum atomic E-state index is 12.8. The summed E-state index contributed by atoms with van der Waals surface area (Å²) in [7, 11) is 0. The monoisotopic (exact) mass is 401 g/mol. The first-order valence-electron chi connectivity index (χ1n) is 9.00. The highest BCUT2D eigenvalue weighted by molar-refractivity contribution is 5.96. The zero-order chi connectivity index (χ0) is 21.4. The average molecular weight is 401 g/mol. The lowest BCUT2D eigenvalue weighted by atomic mass is 9.87. The lowest BCUT2D eigenvalue weighted by molar-refractivity contribution is -0.129. The van der Waals surface area contributed by atoms with Crippen LogP contribution in [0.4, 0.5) is 4.39 Å². The summed E-state index contributed by atoms with van der Waals surface area (Å²) in [5.41, 5.74) is 5.84. The van der Waals surface area contributed by atoms with Crippen molar-refractivity contribution in [3.63, 3.8) is 0 Å². The van der Waals surface area contributed by atoms with Gasteiger partial charge in [0.25, 0.3) is 17.7 Å². The number of carbonyl (C=O) groups is 3. The molecule has 0 spiro atoms. The van der Waals surface area contributed by atoms with E-state index in [1.165, 1.54) is 24.3 Å². The van der Waals surface area contributed by atoms with E-state index in [4.69, 9.17) is 4.74 Å². The highest BCUT2D eigenvalue weighted by Crippen LogP contribution is 2.22. The van der Waals surface area contributed by atoms with Gasteiger partial charge in [0.2, 0.25) is 0 Å². The standard InChI is InChI=1S/C21H24FN3O4/c1-21(2,3)15-6-4-14(5-7-15)20(28)23-12-18(26)24-25-19(27)13-29-17-10-8-16(22)9-11-17/h4-11H,12-13H2,1-3H3,(H,23,28)(H,24,26)(H,25,27). The highest BCUT2D eigenvalue weighted by Gasteiger charge is 2.14. The molecule has 0 aliphatic heterocycles. The fourth-order valence-corrected chi connectivity index (χ4v) is 2.28. The van der Waals surface area contributed by atoms with E-state index in [0.29, 0.717) is 11.3 Å². The summed E-state index contributed by atoms with van der Waals surface area (Å²) in [6.07, 6.45) is 0. The minimum Gasteiger partial charge on any atom is -0.484 e. The number of halogens is 1. The Hall–Kier alpha value is -3.42. The van der Waals surface area contributed by atoms with E-state index < -0.39 is 23.5 Å². The van der Waals surface area contributed by atoms with E-state index in [-0.39, 0.29) is 18.6 Å². The van der Waals surface area contributed by atoms with Gasteiger partial charge in [-0.25, -0.2) is 4.39 Å². The Morgan fingerprint density at radius 1 is 0.897 bits per heavy atom. The SMILES string of the molecule is CC(C)(C)c1ccc(C(=O)NCC(=O)NNC(=O)COc2ccc(F)cc2)cc1. The van der Waals surface area contributed by atoms with Crippen LogP contribution in [0.3, 0.4) is 0 Å². The molecule has 2 rings (SSSR count). The van der Waals surface area contributed by atoms with Crippen LogP contribution in [-0.4, -0.2) is 30.9 Å². The van der Waals surface area contributed by atoms with Crippen LogP contribution in [0.15, 0.2) is 48.5 Å². The van der Waals surface area contributed by atoms with E-state index in [9.17, 15) is 18.8 Å². The quantitative estimate of drug-likeness (QED) is 0.646. The van der Waals surface area contributed by atoms with Crippen LogP contribution in [0, 0.1) is 5.82 Å². The van der Waals surface area contributed by atoms with E-state index in [1.54, 1.807) is 12.1 Å². The largest absolute Gasteiger partial charge is 0.484 e. The number of ether oxygens (including phenoxy) is 1. The van der Waals surface area contributed by atoms with Crippen molar-refractivity contribution >= 4 is 17.7 Å². The van der Waals surface area contributed by atoms with Gasteiger partial charge in [-0.15, -0.1) is 0 Å². The highest BCUT2D eigenvalue weighted by atomic mass is 19.1. The first-order chi connectivity index (χ1) is 13.6. The third-order valence-corrected chi connectivity index (χ3v) is 3.95. The maximum absolute atomic E-state index is 12.8. The van der Waals surface area contributed by atoms with Gasteiger partial charge in [-0.2, -0.15) is 0 Å². The molecule has 3 amide bonds. The molecule has 0 aromatic heterocycles. The summed E-state index contributed by atoms with van der Waals surface area (Å²) in [5, 5.41) is 2.47. The fraction of sp³-hybridized carbons (Fsp3) is 0.286. The Balaban J connectivity index is 1.70. The second kappa shape index (κ2) is 9.68. The van der Waals surface area contributed by atoms with Crippen LogP contribution in [0.1, 0.15) is 36.7 Å². The molecule has 0 saturated heterocycles. The van der Waals surface area contributed by atoms with Gasteiger partial charge in [0.05, 0.1) is 6.54 Å². The molecule has 154 valence electrons. The van der Waals surface area contributed by atoms with Crippen molar-refractivity contribution in [1.29, 1.82) is 0 Å². The second-order valence-electron chi connectivity index (χ2n) is 7.35. The second-order valence-corrected chi connectivity index (χ2v) is 7.35. The van der Waals surface area contributed by atoms with Gasteiger partial charge in [-0.1, -0.05) is 32.9 Å². The van der Waals surface area contributed by atoms with Crippen LogP contribution in [0.25, 0.3) is 0 Å². The Bertz CT molecular complexity index is 859. The minimum absolute atomic E-state index is 0.0203. The molecule has 2 aromatic rings. The van der Waals surface area contributed by atoms with Crippen LogP contribution >= 0.6 is 0 Å². The number of amides is 3. The third-order valence-electron chi connectivity index (χ3n) is 3.95. The molecular weight excluding hydrogens is 377 g/mol. The molecule has 7 nitrogen and oxygen atoms in total. The van der Waals surface area contributed by atoms with Crippen molar-refractivity contribution in [2.24, 2.45) is 0 Å². The van der Waals surface area contributed by atoms with Crippen molar-refractivity contribution in [3.05, 3.63) is 65.5 Å². The molecule has 0 heterocycles. The van der Waals surface area contributed by atoms with Gasteiger partial charge in [0, 0.05) is 5.56 Å². The van der Waals surface area contributed by atoms with Crippen LogP contribution in [0.2, 0.25) is 0 Å². The van der Waals surface area contributed by atoms with Crippen molar-refractivity contribution in [2.45, 2.75) is 26.2 Å². The van der Waals surface area contributed by atoms with Gasteiger partial charge in [0.1, 0.15) is 11.6 Å². The molecule has 0 fully saturated rings. The molecule has 0 atom stereocenters. The smallest absolute Gasteiger partial charge is 0.276 e. The molecule has 0 bridgehead atoms. The van der Waals surface area contributed by atoms with E-state index in [1.807, 2.05) is 12.1 Å². The number of hydrazine groups is 1. The summed E-state index contributed by atoms with van der Waals surface area (Å²) in [5.74, 6) is -1.70. The maximum Gasteiger partial charge on any atom is 0.276 e. The zero-order valence-electron chi connectivity index (χ0n) is 16.5. The van der Waals surface area contributed by atoms with Crippen molar-refractivity contribution in [1.82, 2.24) is 16.2 Å². The number of benzene rings is 2. The molecule has 29 heavy (non-hydrogen) atoms. The molecule has 8 heteroatoms. The number of hydrogen-bond donors (Lipinski definition) is 3. The van der Waals surface area contributed by atoms with E-state index in [2.05, 4.69) is 36.9 Å². The van der Waals surface area contributed by atoms with Crippen LogP contribution in [-0.2, 0) is 15.0 Å². The Morgan fingerprint density at radius 3 is 2.07 bits per heavy atom. The number of rotatable bonds is 6. The first-order valence-corrected chi connectivity index (χ1v) is 9.00. The molecule has 0 unspecified atom stereocenters. The van der Waals surface area contributed by atoms with Crippen molar-refractivity contribution in [3.8, 4) is 5.75 Å². The topological polar surface area (TPSA) is 96.5 Å². The van der Waals surface area contributed by atoms with Gasteiger partial charge < -0.3 is 10.1 Å². The predicted octanol–water partition coefficient (Wildman–Crippen LogP) is 2.08. The summed E-state index contributed by atoms with van der Waals surface area (Å²) < 4.78 is 17.9. The molecule has 0 radical (unpaired) electrons. The Kier molecular flexibility index (Phi) is 7.30. The van der Waals surface area contributed by atoms with Gasteiger partial charge in [-0.05, 0) is 47.4 Å². The summed E-state index contributed by atoms with van der Waals surface area (Å²) in [6, 6.07) is 12.3.